The number of amidine groups is 1. The second kappa shape index (κ2) is 6.58. The Balaban J connectivity index is 2.89. The topological polar surface area (TPSA) is 74.7 Å². The molecule has 1 atom stereocenters. The molecule has 1 heterocycles. The highest BCUT2D eigenvalue weighted by atomic mass is 79.9. The Morgan fingerprint density at radius 1 is 1.67 bits per heavy atom. The van der Waals surface area contributed by atoms with E-state index in [1.54, 1.807) is 6.20 Å². The van der Waals surface area contributed by atoms with Gasteiger partial charge in [0.25, 0.3) is 0 Å². The number of hydrogen-bond donors (Lipinski definition) is 2. The summed E-state index contributed by atoms with van der Waals surface area (Å²) in [7, 11) is 0. The third-order valence-corrected chi connectivity index (χ3v) is 3.25. The van der Waals surface area contributed by atoms with E-state index in [0.29, 0.717) is 6.54 Å². The van der Waals surface area contributed by atoms with Gasteiger partial charge < -0.3 is 15.8 Å². The summed E-state index contributed by atoms with van der Waals surface area (Å²) in [6, 6.07) is 2.03. The molecule has 0 aliphatic carbocycles. The highest BCUT2D eigenvalue weighted by Crippen LogP contribution is 2.21. The second-order valence-electron chi connectivity index (χ2n) is 4.26. The number of anilines is 1. The van der Waals surface area contributed by atoms with E-state index in [1.807, 2.05) is 19.9 Å². The van der Waals surface area contributed by atoms with Crippen molar-refractivity contribution in [2.45, 2.75) is 20.8 Å². The van der Waals surface area contributed by atoms with Crippen molar-refractivity contribution in [3.63, 3.8) is 0 Å². The summed E-state index contributed by atoms with van der Waals surface area (Å²) < 4.78 is 0.962. The summed E-state index contributed by atoms with van der Waals surface area (Å²) in [4.78, 5) is 6.54. The minimum atomic E-state index is -0.0280. The van der Waals surface area contributed by atoms with Crippen molar-refractivity contribution in [3.8, 4) is 0 Å². The number of pyridine rings is 1. The first kappa shape index (κ1) is 14.8. The van der Waals surface area contributed by atoms with Crippen LogP contribution in [-0.2, 0) is 0 Å². The fourth-order valence-corrected chi connectivity index (χ4v) is 2.20. The lowest BCUT2D eigenvalue weighted by atomic mass is 10.1. The Bertz CT molecular complexity index is 436. The van der Waals surface area contributed by atoms with Crippen LogP contribution in [0.25, 0.3) is 0 Å². The average molecular weight is 315 g/mol. The van der Waals surface area contributed by atoms with Crippen molar-refractivity contribution in [3.05, 3.63) is 22.3 Å². The van der Waals surface area contributed by atoms with E-state index in [1.165, 1.54) is 0 Å². The zero-order chi connectivity index (χ0) is 13.7. The van der Waals surface area contributed by atoms with Crippen molar-refractivity contribution >= 4 is 27.6 Å². The quantitative estimate of drug-likeness (QED) is 0.378. The molecule has 1 rings (SSSR count). The normalized spacial score (nSPS) is 13.4. The van der Waals surface area contributed by atoms with Gasteiger partial charge in [0.2, 0.25) is 0 Å². The molecule has 3 N–H and O–H groups in total. The van der Waals surface area contributed by atoms with Gasteiger partial charge >= 0.3 is 0 Å². The average Bonchev–Trinajstić information content (AvgIpc) is 2.35. The molecule has 1 aromatic rings. The number of aromatic nitrogens is 1. The fraction of sp³-hybridized carbons (Fsp3) is 0.500. The summed E-state index contributed by atoms with van der Waals surface area (Å²) in [5, 5.41) is 11.7. The van der Waals surface area contributed by atoms with E-state index < -0.39 is 0 Å². The lowest BCUT2D eigenvalue weighted by Gasteiger charge is -2.26. The largest absolute Gasteiger partial charge is 0.409 e. The molecule has 0 radical (unpaired) electrons. The highest BCUT2D eigenvalue weighted by Gasteiger charge is 2.15. The fourth-order valence-electron chi connectivity index (χ4n) is 1.75. The van der Waals surface area contributed by atoms with Gasteiger partial charge in [-0.3, -0.25) is 0 Å². The molecule has 0 fully saturated rings. The molecule has 6 heteroatoms. The molecular formula is C12H19BrN4O. The van der Waals surface area contributed by atoms with E-state index >= 15 is 0 Å². The Hall–Kier alpha value is -1.30. The summed E-state index contributed by atoms with van der Waals surface area (Å²) in [6.45, 7) is 7.48. The van der Waals surface area contributed by atoms with Gasteiger partial charge in [-0.2, -0.15) is 0 Å². The summed E-state index contributed by atoms with van der Waals surface area (Å²) in [5.41, 5.74) is 6.70. The molecule has 5 nitrogen and oxygen atoms in total. The Labute approximate surface area is 116 Å². The molecule has 0 aromatic carbocycles. The van der Waals surface area contributed by atoms with Crippen LogP contribution in [0.4, 0.5) is 5.82 Å². The third kappa shape index (κ3) is 3.60. The van der Waals surface area contributed by atoms with Gasteiger partial charge in [-0.05, 0) is 41.4 Å². The molecular weight excluding hydrogens is 296 g/mol. The van der Waals surface area contributed by atoms with Crippen molar-refractivity contribution in [1.29, 1.82) is 0 Å². The van der Waals surface area contributed by atoms with E-state index in [9.17, 15) is 0 Å². The zero-order valence-corrected chi connectivity index (χ0v) is 12.5. The van der Waals surface area contributed by atoms with E-state index in [0.717, 1.165) is 22.4 Å². The predicted octanol–water partition coefficient (Wildman–Crippen LogP) is 2.36. The lowest BCUT2D eigenvalue weighted by molar-refractivity contribution is 0.314. The van der Waals surface area contributed by atoms with Crippen LogP contribution in [0.5, 0.6) is 0 Å². The van der Waals surface area contributed by atoms with Crippen LogP contribution in [0.3, 0.4) is 0 Å². The zero-order valence-electron chi connectivity index (χ0n) is 10.9. The monoisotopic (exact) mass is 314 g/mol. The molecule has 0 aliphatic rings. The molecule has 100 valence electrons. The van der Waals surface area contributed by atoms with Crippen LogP contribution in [-0.4, -0.2) is 29.1 Å². The highest BCUT2D eigenvalue weighted by molar-refractivity contribution is 9.10. The molecule has 1 aromatic heterocycles. The Morgan fingerprint density at radius 2 is 2.33 bits per heavy atom. The van der Waals surface area contributed by atoms with Gasteiger partial charge in [0, 0.05) is 29.7 Å². The lowest BCUT2D eigenvalue weighted by Crippen LogP contribution is -2.35. The molecule has 1 unspecified atom stereocenters. The van der Waals surface area contributed by atoms with Crippen LogP contribution < -0.4 is 10.6 Å². The maximum atomic E-state index is 8.67. The van der Waals surface area contributed by atoms with Crippen molar-refractivity contribution < 1.29 is 5.21 Å². The number of hydrogen-bond acceptors (Lipinski definition) is 4. The summed E-state index contributed by atoms with van der Waals surface area (Å²) >= 11 is 3.40. The van der Waals surface area contributed by atoms with Gasteiger partial charge in [-0.15, -0.1) is 0 Å². The maximum Gasteiger partial charge on any atom is 0.143 e. The minimum absolute atomic E-state index is 0.0280. The first-order chi connectivity index (χ1) is 8.49. The minimum Gasteiger partial charge on any atom is -0.409 e. The number of oxime groups is 1. The van der Waals surface area contributed by atoms with Crippen molar-refractivity contribution in [2.24, 2.45) is 16.8 Å². The number of nitrogens with two attached hydrogens (primary N) is 1. The molecule has 18 heavy (non-hydrogen) atoms. The predicted molar refractivity (Wildman–Crippen MR) is 77.1 cm³/mol. The smallest absolute Gasteiger partial charge is 0.143 e. The molecule has 0 spiro atoms. The van der Waals surface area contributed by atoms with Crippen molar-refractivity contribution in [2.75, 3.05) is 18.0 Å². The first-order valence-corrected chi connectivity index (χ1v) is 6.63. The number of rotatable bonds is 5. The van der Waals surface area contributed by atoms with Gasteiger partial charge in [0.1, 0.15) is 11.7 Å². The third-order valence-electron chi connectivity index (χ3n) is 2.81. The molecule has 0 amide bonds. The Morgan fingerprint density at radius 3 is 2.83 bits per heavy atom. The van der Waals surface area contributed by atoms with Crippen LogP contribution in [0.15, 0.2) is 21.9 Å². The summed E-state index contributed by atoms with van der Waals surface area (Å²) in [6.07, 6.45) is 1.78. The van der Waals surface area contributed by atoms with Gasteiger partial charge in [0.05, 0.1) is 0 Å². The number of aryl methyl sites for hydroxylation is 1. The van der Waals surface area contributed by atoms with Crippen LogP contribution in [0, 0.1) is 12.8 Å². The molecule has 0 bridgehead atoms. The molecule has 0 aliphatic heterocycles. The van der Waals surface area contributed by atoms with Crippen LogP contribution >= 0.6 is 15.9 Å². The number of halogens is 1. The second-order valence-corrected chi connectivity index (χ2v) is 5.17. The SMILES string of the molecule is CCN(CC(C)C(N)=NO)c1ncc(Br)cc1C. The number of nitrogens with zero attached hydrogens (tertiary/aromatic N) is 3. The van der Waals surface area contributed by atoms with Gasteiger partial charge in [-0.25, -0.2) is 4.98 Å². The van der Waals surface area contributed by atoms with Crippen molar-refractivity contribution in [1.82, 2.24) is 4.98 Å². The van der Waals surface area contributed by atoms with E-state index in [4.69, 9.17) is 10.9 Å². The first-order valence-electron chi connectivity index (χ1n) is 5.84. The summed E-state index contributed by atoms with van der Waals surface area (Å²) in [5.74, 6) is 1.14. The Kier molecular flexibility index (Phi) is 5.40. The van der Waals surface area contributed by atoms with E-state index in [2.05, 4.69) is 37.9 Å². The van der Waals surface area contributed by atoms with Crippen LogP contribution in [0.1, 0.15) is 19.4 Å². The molecule has 0 saturated heterocycles. The van der Waals surface area contributed by atoms with E-state index in [-0.39, 0.29) is 11.8 Å². The maximum absolute atomic E-state index is 8.67. The van der Waals surface area contributed by atoms with Gasteiger partial charge in [-0.1, -0.05) is 12.1 Å². The van der Waals surface area contributed by atoms with Crippen LogP contribution in [0.2, 0.25) is 0 Å². The van der Waals surface area contributed by atoms with Gasteiger partial charge in [0.15, 0.2) is 0 Å². The molecule has 0 saturated carbocycles. The standard InChI is InChI=1S/C12H19BrN4O/c1-4-17(7-9(3)11(14)16-18)12-8(2)5-10(13)6-15-12/h5-6,9,18H,4,7H2,1-3H3,(H2,14,16).